The third kappa shape index (κ3) is 7.77. The third-order valence-corrected chi connectivity index (χ3v) is 2.74. The van der Waals surface area contributed by atoms with Crippen LogP contribution in [0.4, 0.5) is 0 Å². The Morgan fingerprint density at radius 1 is 1.13 bits per heavy atom. The fourth-order valence-corrected chi connectivity index (χ4v) is 1.72. The average Bonchev–Trinajstić information content (AvgIpc) is 2.25. The molecule has 3 nitrogen and oxygen atoms in total. The quantitative estimate of drug-likeness (QED) is 0.568. The molecule has 0 saturated heterocycles. The molecule has 0 aromatic rings. The van der Waals surface area contributed by atoms with Crippen molar-refractivity contribution in [2.24, 2.45) is 5.92 Å². The van der Waals surface area contributed by atoms with Gasteiger partial charge in [-0.1, -0.05) is 20.8 Å². The Balaban J connectivity index is 3.48. The van der Waals surface area contributed by atoms with E-state index in [4.69, 9.17) is 9.47 Å². The number of hydrogen-bond donors (Lipinski definition) is 1. The molecule has 0 amide bonds. The van der Waals surface area contributed by atoms with Crippen LogP contribution in [0.5, 0.6) is 0 Å². The maximum atomic E-state index is 5.46. The molecule has 1 N–H and O–H groups in total. The Kier molecular flexibility index (Phi) is 10.3. The Morgan fingerprint density at radius 3 is 2.40 bits per heavy atom. The van der Waals surface area contributed by atoms with Gasteiger partial charge in [-0.25, -0.2) is 0 Å². The third-order valence-electron chi connectivity index (χ3n) is 2.74. The van der Waals surface area contributed by atoms with Crippen LogP contribution in [-0.2, 0) is 9.47 Å². The van der Waals surface area contributed by atoms with E-state index in [2.05, 4.69) is 26.1 Å². The van der Waals surface area contributed by atoms with Gasteiger partial charge in [-0.05, 0) is 25.3 Å². The van der Waals surface area contributed by atoms with Gasteiger partial charge in [0.2, 0.25) is 0 Å². The topological polar surface area (TPSA) is 30.5 Å². The zero-order chi connectivity index (χ0) is 11.5. The lowest BCUT2D eigenvalue weighted by Crippen LogP contribution is -2.34. The lowest BCUT2D eigenvalue weighted by Gasteiger charge is -2.23. The Bertz CT molecular complexity index is 131. The molecule has 2 atom stereocenters. The molecule has 0 heterocycles. The summed E-state index contributed by atoms with van der Waals surface area (Å²) in [7, 11) is 1.70. The van der Waals surface area contributed by atoms with Gasteiger partial charge >= 0.3 is 0 Å². The van der Waals surface area contributed by atoms with Crippen molar-refractivity contribution < 1.29 is 9.47 Å². The second-order valence-electron chi connectivity index (χ2n) is 3.94. The van der Waals surface area contributed by atoms with E-state index in [0.717, 1.165) is 19.6 Å². The van der Waals surface area contributed by atoms with Gasteiger partial charge in [0.1, 0.15) is 0 Å². The van der Waals surface area contributed by atoms with Crippen LogP contribution in [0.1, 0.15) is 33.6 Å². The lowest BCUT2D eigenvalue weighted by molar-refractivity contribution is 0.0622. The molecular formula is C12H27NO2. The Morgan fingerprint density at radius 2 is 1.87 bits per heavy atom. The molecule has 0 fully saturated rings. The smallest absolute Gasteiger partial charge is 0.0700 e. The lowest BCUT2D eigenvalue weighted by atomic mass is 9.96. The Hall–Kier alpha value is -0.120. The van der Waals surface area contributed by atoms with E-state index in [1.54, 1.807) is 7.11 Å². The van der Waals surface area contributed by atoms with Gasteiger partial charge in [-0.15, -0.1) is 0 Å². The first kappa shape index (κ1) is 14.9. The van der Waals surface area contributed by atoms with Gasteiger partial charge < -0.3 is 14.8 Å². The first-order valence-corrected chi connectivity index (χ1v) is 6.06. The molecule has 0 rings (SSSR count). The molecule has 0 aliphatic heterocycles. The van der Waals surface area contributed by atoms with Crippen molar-refractivity contribution in [3.63, 3.8) is 0 Å². The summed E-state index contributed by atoms with van der Waals surface area (Å²) in [5, 5.41) is 3.50. The van der Waals surface area contributed by atoms with E-state index in [-0.39, 0.29) is 0 Å². The summed E-state index contributed by atoms with van der Waals surface area (Å²) in [4.78, 5) is 0. The van der Waals surface area contributed by atoms with E-state index in [0.29, 0.717) is 25.2 Å². The van der Waals surface area contributed by atoms with E-state index >= 15 is 0 Å². The molecule has 0 radical (unpaired) electrons. The van der Waals surface area contributed by atoms with Crippen LogP contribution in [0, 0.1) is 5.92 Å². The zero-order valence-corrected chi connectivity index (χ0v) is 10.7. The summed E-state index contributed by atoms with van der Waals surface area (Å²) in [6, 6.07) is 0.626. The van der Waals surface area contributed by atoms with Gasteiger partial charge in [-0.3, -0.25) is 0 Å². The number of ether oxygens (including phenoxy) is 2. The maximum absolute atomic E-state index is 5.46. The fourth-order valence-electron chi connectivity index (χ4n) is 1.72. The normalized spacial score (nSPS) is 15.2. The summed E-state index contributed by atoms with van der Waals surface area (Å²) in [5.41, 5.74) is 0. The summed E-state index contributed by atoms with van der Waals surface area (Å²) >= 11 is 0. The van der Waals surface area contributed by atoms with Crippen molar-refractivity contribution in [3.8, 4) is 0 Å². The van der Waals surface area contributed by atoms with Crippen LogP contribution < -0.4 is 5.32 Å². The minimum atomic E-state index is 0.626. The van der Waals surface area contributed by atoms with Gasteiger partial charge in [0.25, 0.3) is 0 Å². The maximum Gasteiger partial charge on any atom is 0.0700 e. The summed E-state index contributed by atoms with van der Waals surface area (Å²) in [6.45, 7) is 9.97. The van der Waals surface area contributed by atoms with Crippen molar-refractivity contribution in [1.82, 2.24) is 5.32 Å². The summed E-state index contributed by atoms with van der Waals surface area (Å²) in [5.74, 6) is 0.678. The predicted octanol–water partition coefficient (Wildman–Crippen LogP) is 2.06. The molecule has 0 aromatic heterocycles. The average molecular weight is 217 g/mol. The zero-order valence-electron chi connectivity index (χ0n) is 10.7. The molecule has 92 valence electrons. The monoisotopic (exact) mass is 217 g/mol. The summed E-state index contributed by atoms with van der Waals surface area (Å²) in [6.07, 6.45) is 2.31. The van der Waals surface area contributed by atoms with E-state index in [1.165, 1.54) is 6.42 Å². The number of methoxy groups -OCH3 is 1. The second kappa shape index (κ2) is 10.4. The van der Waals surface area contributed by atoms with Crippen LogP contribution >= 0.6 is 0 Å². The Labute approximate surface area is 94.5 Å². The minimum Gasteiger partial charge on any atom is -0.382 e. The second-order valence-corrected chi connectivity index (χ2v) is 3.94. The molecule has 2 unspecified atom stereocenters. The van der Waals surface area contributed by atoms with E-state index in [1.807, 2.05) is 0 Å². The van der Waals surface area contributed by atoms with Crippen molar-refractivity contribution in [2.75, 3.05) is 33.5 Å². The highest BCUT2D eigenvalue weighted by molar-refractivity contribution is 4.70. The van der Waals surface area contributed by atoms with Crippen molar-refractivity contribution in [3.05, 3.63) is 0 Å². The highest BCUT2D eigenvalue weighted by atomic mass is 16.5. The molecule has 0 aliphatic rings. The molecule has 0 spiro atoms. The van der Waals surface area contributed by atoms with Crippen molar-refractivity contribution in [1.29, 1.82) is 0 Å². The van der Waals surface area contributed by atoms with Gasteiger partial charge in [0.05, 0.1) is 13.2 Å². The largest absolute Gasteiger partial charge is 0.382 e. The SMILES string of the molecule is CCNC(CC)C(C)CCOCCOC. The van der Waals surface area contributed by atoms with Crippen LogP contribution in [0.25, 0.3) is 0 Å². The van der Waals surface area contributed by atoms with Crippen LogP contribution in [0.2, 0.25) is 0 Å². The van der Waals surface area contributed by atoms with E-state index < -0.39 is 0 Å². The standard InChI is InChI=1S/C12H27NO2/c1-5-12(13-6-2)11(3)7-8-15-10-9-14-4/h11-13H,5-10H2,1-4H3. The van der Waals surface area contributed by atoms with Crippen molar-refractivity contribution in [2.45, 2.75) is 39.7 Å². The summed E-state index contributed by atoms with van der Waals surface area (Å²) < 4.78 is 10.4. The molecule has 15 heavy (non-hydrogen) atoms. The van der Waals surface area contributed by atoms with Crippen LogP contribution in [-0.4, -0.2) is 39.5 Å². The van der Waals surface area contributed by atoms with E-state index in [9.17, 15) is 0 Å². The number of nitrogens with one attached hydrogen (secondary N) is 1. The molecule has 3 heteroatoms. The molecule has 0 aromatic carbocycles. The van der Waals surface area contributed by atoms with Crippen molar-refractivity contribution >= 4 is 0 Å². The van der Waals surface area contributed by atoms with Crippen LogP contribution in [0.3, 0.4) is 0 Å². The van der Waals surface area contributed by atoms with Gasteiger partial charge in [0.15, 0.2) is 0 Å². The minimum absolute atomic E-state index is 0.626. The highest BCUT2D eigenvalue weighted by Crippen LogP contribution is 2.11. The van der Waals surface area contributed by atoms with Gasteiger partial charge in [0, 0.05) is 19.8 Å². The molecule has 0 bridgehead atoms. The number of hydrogen-bond acceptors (Lipinski definition) is 3. The molecule has 0 saturated carbocycles. The first-order chi connectivity index (χ1) is 7.26. The number of rotatable bonds is 10. The first-order valence-electron chi connectivity index (χ1n) is 6.06. The molecule has 0 aliphatic carbocycles. The van der Waals surface area contributed by atoms with Gasteiger partial charge in [-0.2, -0.15) is 0 Å². The fraction of sp³-hybridized carbons (Fsp3) is 1.00. The molecular weight excluding hydrogens is 190 g/mol. The predicted molar refractivity (Wildman–Crippen MR) is 64.2 cm³/mol. The van der Waals surface area contributed by atoms with Crippen LogP contribution in [0.15, 0.2) is 0 Å². The highest BCUT2D eigenvalue weighted by Gasteiger charge is 2.13.